The highest BCUT2D eigenvalue weighted by molar-refractivity contribution is 5.94. The number of aliphatic carboxylic acids is 1. The summed E-state index contributed by atoms with van der Waals surface area (Å²) in [6.07, 6.45) is 0.383. The van der Waals surface area contributed by atoms with Gasteiger partial charge in [0.25, 0.3) is 5.91 Å². The molecule has 1 amide bonds. The number of hydrogen-bond acceptors (Lipinski definition) is 3. The van der Waals surface area contributed by atoms with Crippen LogP contribution in [-0.2, 0) is 29.2 Å². The lowest BCUT2D eigenvalue weighted by Gasteiger charge is -2.14. The molecule has 1 aliphatic rings. The second-order valence-corrected chi connectivity index (χ2v) is 5.91. The molecule has 24 heavy (non-hydrogen) atoms. The zero-order valence-corrected chi connectivity index (χ0v) is 13.2. The Morgan fingerprint density at radius 2 is 1.83 bits per heavy atom. The molecule has 2 aromatic carbocycles. The van der Waals surface area contributed by atoms with E-state index in [1.165, 1.54) is 0 Å². The first-order valence-electron chi connectivity index (χ1n) is 7.88. The number of carbonyl (C=O) groups excluding carboxylic acids is 1. The summed E-state index contributed by atoms with van der Waals surface area (Å²) >= 11 is 0. The molecule has 0 saturated heterocycles. The number of nitrogens with one attached hydrogen (secondary N) is 1. The number of carbonyl (C=O) groups is 2. The van der Waals surface area contributed by atoms with E-state index in [1.807, 2.05) is 42.5 Å². The number of hydrogen-bond donors (Lipinski definition) is 2. The third-order valence-electron chi connectivity index (χ3n) is 4.17. The highest BCUT2D eigenvalue weighted by Crippen LogP contribution is 2.20. The minimum atomic E-state index is -0.915. The summed E-state index contributed by atoms with van der Waals surface area (Å²) in [6.45, 7) is 1.19. The average Bonchev–Trinajstić information content (AvgIpc) is 3.06. The molecule has 0 fully saturated rings. The minimum Gasteiger partial charge on any atom is -0.481 e. The third kappa shape index (κ3) is 3.81. The summed E-state index contributed by atoms with van der Waals surface area (Å²) in [5, 5.41) is 12.1. The van der Waals surface area contributed by atoms with E-state index in [2.05, 4.69) is 5.32 Å². The van der Waals surface area contributed by atoms with Crippen molar-refractivity contribution in [2.75, 3.05) is 6.54 Å². The molecule has 2 aromatic rings. The Morgan fingerprint density at radius 1 is 1.08 bits per heavy atom. The number of benzene rings is 2. The second kappa shape index (κ2) is 7.27. The van der Waals surface area contributed by atoms with Crippen LogP contribution in [0.3, 0.4) is 0 Å². The molecule has 0 radical (unpaired) electrons. The van der Waals surface area contributed by atoms with Crippen LogP contribution in [-0.4, -0.2) is 23.5 Å². The van der Waals surface area contributed by atoms with Crippen molar-refractivity contribution in [2.24, 2.45) is 5.92 Å². The summed E-state index contributed by atoms with van der Waals surface area (Å²) in [5.74, 6) is -1.83. The van der Waals surface area contributed by atoms with Gasteiger partial charge in [0, 0.05) is 12.1 Å². The number of amides is 1. The topological polar surface area (TPSA) is 75.6 Å². The molecule has 1 aliphatic heterocycles. The van der Waals surface area contributed by atoms with Gasteiger partial charge < -0.3 is 15.2 Å². The van der Waals surface area contributed by atoms with E-state index in [4.69, 9.17) is 4.74 Å². The van der Waals surface area contributed by atoms with Crippen molar-refractivity contribution in [3.63, 3.8) is 0 Å². The van der Waals surface area contributed by atoms with Crippen LogP contribution in [0.15, 0.2) is 48.5 Å². The van der Waals surface area contributed by atoms with Crippen LogP contribution in [0, 0.1) is 5.92 Å². The van der Waals surface area contributed by atoms with Gasteiger partial charge in [-0.15, -0.1) is 0 Å². The van der Waals surface area contributed by atoms with Gasteiger partial charge in [-0.2, -0.15) is 0 Å². The average molecular weight is 325 g/mol. The van der Waals surface area contributed by atoms with E-state index in [9.17, 15) is 14.7 Å². The molecule has 1 unspecified atom stereocenters. The van der Waals surface area contributed by atoms with Crippen molar-refractivity contribution >= 4 is 11.9 Å². The normalized spacial score (nSPS) is 14.0. The molecule has 3 rings (SSSR count). The van der Waals surface area contributed by atoms with Crippen molar-refractivity contribution in [2.45, 2.75) is 19.6 Å². The number of ether oxygens (including phenoxy) is 1. The summed E-state index contributed by atoms with van der Waals surface area (Å²) in [4.78, 5) is 23.7. The first kappa shape index (κ1) is 16.2. The Morgan fingerprint density at radius 3 is 2.58 bits per heavy atom. The first-order valence-corrected chi connectivity index (χ1v) is 7.88. The van der Waals surface area contributed by atoms with Crippen molar-refractivity contribution < 1.29 is 19.4 Å². The maximum absolute atomic E-state index is 12.3. The predicted molar refractivity (Wildman–Crippen MR) is 88.5 cm³/mol. The van der Waals surface area contributed by atoms with Crippen molar-refractivity contribution in [3.8, 4) is 0 Å². The molecule has 124 valence electrons. The van der Waals surface area contributed by atoms with Gasteiger partial charge in [-0.1, -0.05) is 36.4 Å². The molecule has 2 N–H and O–H groups in total. The van der Waals surface area contributed by atoms with Crippen LogP contribution in [0.2, 0.25) is 0 Å². The Balaban J connectivity index is 1.62. The van der Waals surface area contributed by atoms with E-state index < -0.39 is 11.9 Å². The van der Waals surface area contributed by atoms with Gasteiger partial charge in [-0.3, -0.25) is 9.59 Å². The molecular weight excluding hydrogens is 306 g/mol. The van der Waals surface area contributed by atoms with Gasteiger partial charge in [-0.25, -0.2) is 0 Å². The molecule has 0 spiro atoms. The Bertz CT molecular complexity index is 742. The molecular formula is C19H19NO4. The molecule has 5 nitrogen and oxygen atoms in total. The number of rotatable bonds is 6. The SMILES string of the molecule is O=C(NCC(Cc1ccccc1)C(=O)O)c1ccc2c(c1)COC2. The lowest BCUT2D eigenvalue weighted by Crippen LogP contribution is -2.34. The van der Waals surface area contributed by atoms with Gasteiger partial charge >= 0.3 is 5.97 Å². The largest absolute Gasteiger partial charge is 0.481 e. The monoisotopic (exact) mass is 325 g/mol. The Labute approximate surface area is 140 Å². The lowest BCUT2D eigenvalue weighted by molar-refractivity contribution is -0.141. The maximum Gasteiger partial charge on any atom is 0.308 e. The zero-order chi connectivity index (χ0) is 16.9. The van der Waals surface area contributed by atoms with Gasteiger partial charge in [0.15, 0.2) is 0 Å². The maximum atomic E-state index is 12.3. The fourth-order valence-corrected chi connectivity index (χ4v) is 2.78. The fourth-order valence-electron chi connectivity index (χ4n) is 2.78. The van der Waals surface area contributed by atoms with Crippen LogP contribution in [0.4, 0.5) is 0 Å². The third-order valence-corrected chi connectivity index (χ3v) is 4.17. The predicted octanol–water partition coefficient (Wildman–Crippen LogP) is 2.39. The van der Waals surface area contributed by atoms with Crippen LogP contribution in [0.25, 0.3) is 0 Å². The summed E-state index contributed by atoms with van der Waals surface area (Å²) in [6, 6.07) is 14.9. The van der Waals surface area contributed by atoms with Gasteiger partial charge in [0.2, 0.25) is 0 Å². The van der Waals surface area contributed by atoms with E-state index in [0.29, 0.717) is 25.2 Å². The van der Waals surface area contributed by atoms with Crippen molar-refractivity contribution in [3.05, 3.63) is 70.8 Å². The number of carboxylic acids is 1. The second-order valence-electron chi connectivity index (χ2n) is 5.91. The van der Waals surface area contributed by atoms with E-state index in [0.717, 1.165) is 16.7 Å². The first-order chi connectivity index (χ1) is 11.6. The standard InChI is InChI=1S/C19H19NO4/c21-18(14-6-7-15-11-24-12-17(15)9-14)20-10-16(19(22)23)8-13-4-2-1-3-5-13/h1-7,9,16H,8,10-12H2,(H,20,21)(H,22,23). The Kier molecular flexibility index (Phi) is 4.91. The molecule has 0 bridgehead atoms. The molecule has 0 saturated carbocycles. The van der Waals surface area contributed by atoms with Crippen molar-refractivity contribution in [1.29, 1.82) is 0 Å². The highest BCUT2D eigenvalue weighted by atomic mass is 16.5. The van der Waals surface area contributed by atoms with Crippen LogP contribution in [0.5, 0.6) is 0 Å². The number of fused-ring (bicyclic) bond motifs is 1. The molecule has 1 heterocycles. The van der Waals surface area contributed by atoms with Crippen LogP contribution >= 0.6 is 0 Å². The van der Waals surface area contributed by atoms with Crippen LogP contribution in [0.1, 0.15) is 27.0 Å². The Hall–Kier alpha value is -2.66. The molecule has 1 atom stereocenters. The van der Waals surface area contributed by atoms with Crippen molar-refractivity contribution in [1.82, 2.24) is 5.32 Å². The molecule has 0 aromatic heterocycles. The summed E-state index contributed by atoms with van der Waals surface area (Å²) in [7, 11) is 0. The quantitative estimate of drug-likeness (QED) is 0.855. The smallest absolute Gasteiger partial charge is 0.308 e. The van der Waals surface area contributed by atoms with E-state index in [1.54, 1.807) is 6.07 Å². The molecule has 5 heteroatoms. The highest BCUT2D eigenvalue weighted by Gasteiger charge is 2.20. The number of carboxylic acid groups (broad SMARTS) is 1. The minimum absolute atomic E-state index is 0.0939. The van der Waals surface area contributed by atoms with E-state index >= 15 is 0 Å². The van der Waals surface area contributed by atoms with E-state index in [-0.39, 0.29) is 12.5 Å². The molecule has 0 aliphatic carbocycles. The summed E-state index contributed by atoms with van der Waals surface area (Å²) < 4.78 is 5.34. The summed E-state index contributed by atoms with van der Waals surface area (Å²) in [5.41, 5.74) is 3.58. The lowest BCUT2D eigenvalue weighted by atomic mass is 9.99. The fraction of sp³-hybridized carbons (Fsp3) is 0.263. The van der Waals surface area contributed by atoms with Crippen LogP contribution < -0.4 is 5.32 Å². The van der Waals surface area contributed by atoms with Gasteiger partial charge in [-0.05, 0) is 35.2 Å². The zero-order valence-electron chi connectivity index (χ0n) is 13.2. The van der Waals surface area contributed by atoms with Gasteiger partial charge in [0.05, 0.1) is 19.1 Å². The van der Waals surface area contributed by atoms with Gasteiger partial charge in [0.1, 0.15) is 0 Å².